The Labute approximate surface area is 258 Å². The summed E-state index contributed by atoms with van der Waals surface area (Å²) in [5, 5.41) is 6.47. The molecule has 0 aromatic carbocycles. The molecule has 7 nitrogen and oxygen atoms in total. The van der Waals surface area contributed by atoms with Gasteiger partial charge < -0.3 is 15.1 Å². The molecule has 1 fully saturated rings. The van der Waals surface area contributed by atoms with Crippen molar-refractivity contribution in [2.45, 2.75) is 91.9 Å². The SMILES string of the molecule is CC(C)C1CCCC[C@H](C(=O)Nc2c(C=O)oc3ccc(Br)nc23)CC1.CCCCCC.CNc1ccc(Cl)cn1. The predicted octanol–water partition coefficient (Wildman–Crippen LogP) is 9.95. The standard InChI is InChI=1S/C20H25BrN2O3.C6H7ClN2.C6H14/c1-12(2)13-5-3-4-6-14(8-7-13)20(25)23-19-16(11-24)26-15-9-10-17(21)22-18(15)19;1-8-6-3-2-5(7)4-9-6;1-3-5-6-4-2/h9-14H,3-8H2,1-2H3,(H,23,25);2-4H,1H3,(H,8,9);3-6H2,1-2H3/t13?,14-;;/m0../s1. The highest BCUT2D eigenvalue weighted by atomic mass is 79.9. The normalized spacial score (nSPS) is 16.9. The predicted molar refractivity (Wildman–Crippen MR) is 174 cm³/mol. The van der Waals surface area contributed by atoms with Crippen molar-refractivity contribution in [3.05, 3.63) is 45.8 Å². The quantitative estimate of drug-likeness (QED) is 0.143. The van der Waals surface area contributed by atoms with Gasteiger partial charge in [-0.25, -0.2) is 9.97 Å². The lowest BCUT2D eigenvalue weighted by Gasteiger charge is -2.26. The van der Waals surface area contributed by atoms with E-state index in [4.69, 9.17) is 16.0 Å². The Morgan fingerprint density at radius 3 is 2.39 bits per heavy atom. The number of amides is 1. The van der Waals surface area contributed by atoms with Crippen molar-refractivity contribution in [3.63, 3.8) is 0 Å². The van der Waals surface area contributed by atoms with Crippen LogP contribution in [0, 0.1) is 17.8 Å². The number of furan rings is 1. The lowest BCUT2D eigenvalue weighted by atomic mass is 9.80. The fourth-order valence-corrected chi connectivity index (χ4v) is 5.27. The van der Waals surface area contributed by atoms with E-state index in [0.29, 0.717) is 44.5 Å². The highest BCUT2D eigenvalue weighted by Crippen LogP contribution is 2.33. The number of halogens is 2. The molecule has 1 aliphatic rings. The maximum atomic E-state index is 12.9. The van der Waals surface area contributed by atoms with Crippen molar-refractivity contribution >= 4 is 62.3 Å². The van der Waals surface area contributed by atoms with Gasteiger partial charge >= 0.3 is 0 Å². The molecular weight excluding hydrogens is 604 g/mol. The number of nitrogens with zero attached hydrogens (tertiary/aromatic N) is 2. The molecule has 3 aromatic heterocycles. The largest absolute Gasteiger partial charge is 0.449 e. The van der Waals surface area contributed by atoms with Crippen molar-refractivity contribution in [1.82, 2.24) is 9.97 Å². The zero-order chi connectivity index (χ0) is 30.2. The number of unbranched alkanes of at least 4 members (excludes halogenated alkanes) is 3. The zero-order valence-corrected chi connectivity index (χ0v) is 27.5. The molecule has 226 valence electrons. The second-order valence-electron chi connectivity index (χ2n) is 10.8. The Morgan fingerprint density at radius 2 is 1.80 bits per heavy atom. The molecule has 1 aliphatic carbocycles. The van der Waals surface area contributed by atoms with Crippen molar-refractivity contribution in [2.24, 2.45) is 17.8 Å². The lowest BCUT2D eigenvalue weighted by molar-refractivity contribution is -0.120. The first-order valence-corrected chi connectivity index (χ1v) is 16.0. The summed E-state index contributed by atoms with van der Waals surface area (Å²) in [5.41, 5.74) is 1.37. The fraction of sp³-hybridized carbons (Fsp3) is 0.562. The summed E-state index contributed by atoms with van der Waals surface area (Å²) in [5.74, 6) is 2.21. The van der Waals surface area contributed by atoms with Crippen LogP contribution < -0.4 is 10.6 Å². The number of fused-ring (bicyclic) bond motifs is 1. The molecule has 3 aromatic rings. The van der Waals surface area contributed by atoms with E-state index in [-0.39, 0.29) is 17.6 Å². The smallest absolute Gasteiger partial charge is 0.227 e. The van der Waals surface area contributed by atoms with Crippen LogP contribution in [0.5, 0.6) is 0 Å². The molecule has 1 amide bonds. The minimum atomic E-state index is -0.0398. The van der Waals surface area contributed by atoms with Crippen molar-refractivity contribution in [3.8, 4) is 0 Å². The fourth-order valence-electron chi connectivity index (χ4n) is 4.85. The third-order valence-electron chi connectivity index (χ3n) is 7.40. The first kappa shape index (κ1) is 34.7. The number of aldehydes is 1. The van der Waals surface area contributed by atoms with Crippen LogP contribution in [0.2, 0.25) is 5.02 Å². The number of rotatable bonds is 8. The summed E-state index contributed by atoms with van der Waals surface area (Å²) in [7, 11) is 1.82. The minimum Gasteiger partial charge on any atom is -0.449 e. The molecule has 0 bridgehead atoms. The maximum Gasteiger partial charge on any atom is 0.227 e. The third kappa shape index (κ3) is 11.8. The molecule has 4 rings (SSSR count). The summed E-state index contributed by atoms with van der Waals surface area (Å²) >= 11 is 8.90. The van der Waals surface area contributed by atoms with Crippen LogP contribution in [0.3, 0.4) is 0 Å². The van der Waals surface area contributed by atoms with Crippen LogP contribution in [0.1, 0.15) is 102 Å². The summed E-state index contributed by atoms with van der Waals surface area (Å²) < 4.78 is 6.15. The van der Waals surface area contributed by atoms with Gasteiger partial charge in [0.1, 0.15) is 21.6 Å². The molecule has 0 spiro atoms. The summed E-state index contributed by atoms with van der Waals surface area (Å²) in [4.78, 5) is 32.6. The summed E-state index contributed by atoms with van der Waals surface area (Å²) in [6, 6.07) is 7.09. The highest BCUT2D eigenvalue weighted by molar-refractivity contribution is 9.10. The zero-order valence-electron chi connectivity index (χ0n) is 25.1. The maximum absolute atomic E-state index is 12.9. The van der Waals surface area contributed by atoms with E-state index in [1.165, 1.54) is 38.5 Å². The van der Waals surface area contributed by atoms with Gasteiger partial charge in [0.05, 0.1) is 5.02 Å². The van der Waals surface area contributed by atoms with Crippen LogP contribution in [0.25, 0.3) is 11.1 Å². The van der Waals surface area contributed by atoms with Gasteiger partial charge in [-0.1, -0.05) is 84.2 Å². The highest BCUT2D eigenvalue weighted by Gasteiger charge is 2.26. The van der Waals surface area contributed by atoms with E-state index >= 15 is 0 Å². The second kappa shape index (κ2) is 18.9. The van der Waals surface area contributed by atoms with Crippen molar-refractivity contribution in [1.29, 1.82) is 0 Å². The van der Waals surface area contributed by atoms with Crippen molar-refractivity contribution < 1.29 is 14.0 Å². The molecule has 0 saturated heterocycles. The molecule has 2 atom stereocenters. The number of hydrogen-bond donors (Lipinski definition) is 2. The molecule has 0 radical (unpaired) electrons. The molecule has 1 unspecified atom stereocenters. The number of aromatic nitrogens is 2. The lowest BCUT2D eigenvalue weighted by Crippen LogP contribution is -2.26. The van der Waals surface area contributed by atoms with E-state index in [1.807, 2.05) is 13.1 Å². The van der Waals surface area contributed by atoms with Gasteiger partial charge in [-0.2, -0.15) is 0 Å². The van der Waals surface area contributed by atoms with Crippen LogP contribution >= 0.6 is 27.5 Å². The number of hydrogen-bond acceptors (Lipinski definition) is 6. The first-order chi connectivity index (χ1) is 19.7. The van der Waals surface area contributed by atoms with Gasteiger partial charge in [-0.15, -0.1) is 0 Å². The molecule has 2 N–H and O–H groups in total. The van der Waals surface area contributed by atoms with Gasteiger partial charge in [-0.05, 0) is 71.3 Å². The van der Waals surface area contributed by atoms with Crippen LogP contribution in [0.4, 0.5) is 11.5 Å². The van der Waals surface area contributed by atoms with E-state index in [2.05, 4.69) is 64.2 Å². The number of carbonyl (C=O) groups excluding carboxylic acids is 2. The minimum absolute atomic E-state index is 0.0341. The van der Waals surface area contributed by atoms with Crippen LogP contribution in [0.15, 0.2) is 39.5 Å². The molecule has 41 heavy (non-hydrogen) atoms. The van der Waals surface area contributed by atoms with Crippen molar-refractivity contribution in [2.75, 3.05) is 17.7 Å². The topological polar surface area (TPSA) is 97.1 Å². The number of anilines is 2. The van der Waals surface area contributed by atoms with E-state index < -0.39 is 0 Å². The molecule has 9 heteroatoms. The number of carbonyl (C=O) groups is 2. The van der Waals surface area contributed by atoms with E-state index in [1.54, 1.807) is 24.4 Å². The average molecular weight is 650 g/mol. The Balaban J connectivity index is 0.000000321. The van der Waals surface area contributed by atoms with Gasteiger partial charge in [0, 0.05) is 19.2 Å². The van der Waals surface area contributed by atoms with Crippen LogP contribution in [-0.4, -0.2) is 29.2 Å². The van der Waals surface area contributed by atoms with Gasteiger partial charge in [0.2, 0.25) is 5.91 Å². The number of nitrogens with one attached hydrogen (secondary N) is 2. The molecule has 1 saturated carbocycles. The number of pyridine rings is 2. The van der Waals surface area contributed by atoms with Gasteiger partial charge in [0.25, 0.3) is 0 Å². The Morgan fingerprint density at radius 1 is 1.10 bits per heavy atom. The van der Waals surface area contributed by atoms with E-state index in [0.717, 1.165) is 31.5 Å². The van der Waals surface area contributed by atoms with Crippen LogP contribution in [-0.2, 0) is 4.79 Å². The van der Waals surface area contributed by atoms with Gasteiger partial charge in [0.15, 0.2) is 17.6 Å². The third-order valence-corrected chi connectivity index (χ3v) is 8.07. The molecule has 3 heterocycles. The Hall–Kier alpha value is -2.45. The Kier molecular flexibility index (Phi) is 16.0. The molecular formula is C32H46BrClN4O3. The van der Waals surface area contributed by atoms with E-state index in [9.17, 15) is 9.59 Å². The monoisotopic (exact) mass is 648 g/mol. The molecule has 0 aliphatic heterocycles. The van der Waals surface area contributed by atoms with Gasteiger partial charge in [-0.3, -0.25) is 9.59 Å². The Bertz CT molecular complexity index is 1200. The second-order valence-corrected chi connectivity index (χ2v) is 12.1. The first-order valence-electron chi connectivity index (χ1n) is 14.9. The average Bonchev–Trinajstić information content (AvgIpc) is 3.29. The summed E-state index contributed by atoms with van der Waals surface area (Å²) in [6.45, 7) is 8.99. The summed E-state index contributed by atoms with van der Waals surface area (Å²) in [6.07, 6.45) is 14.1.